The second-order valence-corrected chi connectivity index (χ2v) is 6.41. The van der Waals surface area contributed by atoms with Crippen molar-refractivity contribution in [3.63, 3.8) is 0 Å². The summed E-state index contributed by atoms with van der Waals surface area (Å²) >= 11 is 0. The molecule has 0 aromatic heterocycles. The molecule has 2 N–H and O–H groups in total. The quantitative estimate of drug-likeness (QED) is 0.756. The summed E-state index contributed by atoms with van der Waals surface area (Å²) in [7, 11) is 0. The fourth-order valence-electron chi connectivity index (χ4n) is 2.81. The Hall–Kier alpha value is -0.810. The van der Waals surface area contributed by atoms with Crippen LogP contribution in [0.5, 0.6) is 0 Å². The number of hydrogen-bond donors (Lipinski definition) is 1. The summed E-state index contributed by atoms with van der Waals surface area (Å²) in [6, 6.07) is 0.472. The Balaban J connectivity index is 1.89. The Labute approximate surface area is 109 Å². The third kappa shape index (κ3) is 3.14. The maximum Gasteiger partial charge on any atom is 0.410 e. The third-order valence-electron chi connectivity index (χ3n) is 3.69. The van der Waals surface area contributed by atoms with E-state index in [9.17, 15) is 4.79 Å². The first kappa shape index (κ1) is 13.6. The normalized spacial score (nSPS) is 29.2. The molecule has 0 aromatic carbocycles. The predicted molar refractivity (Wildman–Crippen MR) is 70.3 cm³/mol. The number of piperazine rings is 1. The van der Waals surface area contributed by atoms with E-state index in [-0.39, 0.29) is 6.09 Å². The zero-order valence-electron chi connectivity index (χ0n) is 11.7. The monoisotopic (exact) mass is 255 g/mol. The van der Waals surface area contributed by atoms with E-state index in [1.165, 1.54) is 0 Å². The summed E-state index contributed by atoms with van der Waals surface area (Å²) < 4.78 is 5.42. The van der Waals surface area contributed by atoms with Crippen molar-refractivity contribution in [1.29, 1.82) is 0 Å². The van der Waals surface area contributed by atoms with Crippen molar-refractivity contribution < 1.29 is 9.53 Å². The van der Waals surface area contributed by atoms with Crippen LogP contribution in [0.1, 0.15) is 27.2 Å². The Morgan fingerprint density at radius 3 is 2.67 bits per heavy atom. The van der Waals surface area contributed by atoms with Crippen molar-refractivity contribution in [3.8, 4) is 0 Å². The fraction of sp³-hybridized carbons (Fsp3) is 0.923. The van der Waals surface area contributed by atoms with Crippen LogP contribution in [-0.2, 0) is 4.74 Å². The Morgan fingerprint density at radius 1 is 1.33 bits per heavy atom. The predicted octanol–water partition coefficient (Wildman–Crippen LogP) is 0.886. The molecule has 2 atom stereocenters. The summed E-state index contributed by atoms with van der Waals surface area (Å²) in [6.07, 6.45) is 0.925. The first-order chi connectivity index (χ1) is 8.39. The van der Waals surface area contributed by atoms with Crippen LogP contribution in [0.3, 0.4) is 0 Å². The molecule has 0 spiro atoms. The zero-order valence-corrected chi connectivity index (χ0v) is 11.7. The van der Waals surface area contributed by atoms with Gasteiger partial charge in [-0.1, -0.05) is 0 Å². The van der Waals surface area contributed by atoms with Crippen LogP contribution >= 0.6 is 0 Å². The summed E-state index contributed by atoms with van der Waals surface area (Å²) in [6.45, 7) is 10.0. The number of fused-ring (bicyclic) bond motifs is 1. The van der Waals surface area contributed by atoms with Crippen molar-refractivity contribution in [2.24, 2.45) is 11.7 Å². The number of carbonyl (C=O) groups is 1. The minimum atomic E-state index is -0.413. The van der Waals surface area contributed by atoms with Crippen LogP contribution in [0.2, 0.25) is 0 Å². The highest BCUT2D eigenvalue weighted by atomic mass is 16.6. The van der Waals surface area contributed by atoms with Gasteiger partial charge in [-0.05, 0) is 39.7 Å². The minimum Gasteiger partial charge on any atom is -0.444 e. The van der Waals surface area contributed by atoms with Gasteiger partial charge < -0.3 is 15.4 Å². The van der Waals surface area contributed by atoms with Gasteiger partial charge in [0.05, 0.1) is 0 Å². The lowest BCUT2D eigenvalue weighted by Gasteiger charge is -2.37. The topological polar surface area (TPSA) is 58.8 Å². The maximum absolute atomic E-state index is 12.0. The molecule has 5 heteroatoms. The molecule has 0 saturated carbocycles. The highest BCUT2D eigenvalue weighted by Crippen LogP contribution is 2.26. The van der Waals surface area contributed by atoms with Crippen LogP contribution in [0.15, 0.2) is 0 Å². The first-order valence-electron chi connectivity index (χ1n) is 6.81. The molecule has 2 saturated heterocycles. The van der Waals surface area contributed by atoms with Crippen molar-refractivity contribution in [1.82, 2.24) is 9.80 Å². The SMILES string of the molecule is CC(C)(C)OC(=O)N1CCN2CC(CN)CC2C1. The molecule has 0 radical (unpaired) electrons. The van der Waals surface area contributed by atoms with Gasteiger partial charge in [0.15, 0.2) is 0 Å². The molecule has 18 heavy (non-hydrogen) atoms. The summed E-state index contributed by atoms with van der Waals surface area (Å²) in [5.41, 5.74) is 5.32. The van der Waals surface area contributed by atoms with E-state index in [1.807, 2.05) is 25.7 Å². The largest absolute Gasteiger partial charge is 0.444 e. The lowest BCUT2D eigenvalue weighted by atomic mass is 10.1. The third-order valence-corrected chi connectivity index (χ3v) is 3.69. The number of rotatable bonds is 1. The molecule has 2 aliphatic rings. The van der Waals surface area contributed by atoms with Crippen molar-refractivity contribution in [2.45, 2.75) is 38.8 Å². The molecular weight excluding hydrogens is 230 g/mol. The van der Waals surface area contributed by atoms with E-state index < -0.39 is 5.60 Å². The number of ether oxygens (including phenoxy) is 1. The molecule has 0 aliphatic carbocycles. The van der Waals surface area contributed by atoms with Crippen LogP contribution in [0.25, 0.3) is 0 Å². The standard InChI is InChI=1S/C13H25N3O2/c1-13(2,3)18-12(17)16-5-4-15-8-10(7-14)6-11(15)9-16/h10-11H,4-9,14H2,1-3H3. The molecule has 0 aromatic rings. The number of hydrogen-bond acceptors (Lipinski definition) is 4. The summed E-state index contributed by atoms with van der Waals surface area (Å²) in [5, 5.41) is 0. The lowest BCUT2D eigenvalue weighted by molar-refractivity contribution is 0.00924. The van der Waals surface area contributed by atoms with Gasteiger partial charge in [0.2, 0.25) is 0 Å². The molecule has 2 heterocycles. The van der Waals surface area contributed by atoms with Crippen molar-refractivity contribution >= 4 is 6.09 Å². The van der Waals surface area contributed by atoms with Gasteiger partial charge in [0, 0.05) is 32.2 Å². The van der Waals surface area contributed by atoms with Crippen LogP contribution < -0.4 is 5.73 Å². The van der Waals surface area contributed by atoms with E-state index in [2.05, 4.69) is 4.90 Å². The van der Waals surface area contributed by atoms with E-state index in [1.54, 1.807) is 0 Å². The lowest BCUT2D eigenvalue weighted by Crippen LogP contribution is -2.53. The number of amides is 1. The van der Waals surface area contributed by atoms with Gasteiger partial charge in [-0.3, -0.25) is 4.90 Å². The van der Waals surface area contributed by atoms with Crippen molar-refractivity contribution in [2.75, 3.05) is 32.7 Å². The van der Waals surface area contributed by atoms with Crippen LogP contribution in [0.4, 0.5) is 4.79 Å². The molecule has 2 unspecified atom stereocenters. The molecule has 1 amide bonds. The number of carbonyl (C=O) groups excluding carboxylic acids is 1. The smallest absolute Gasteiger partial charge is 0.410 e. The molecular formula is C13H25N3O2. The van der Waals surface area contributed by atoms with Gasteiger partial charge in [-0.2, -0.15) is 0 Å². The second-order valence-electron chi connectivity index (χ2n) is 6.41. The minimum absolute atomic E-state index is 0.182. The zero-order chi connectivity index (χ0) is 13.3. The fourth-order valence-corrected chi connectivity index (χ4v) is 2.81. The van der Waals surface area contributed by atoms with Gasteiger partial charge in [-0.25, -0.2) is 4.79 Å². The second kappa shape index (κ2) is 5.05. The number of nitrogens with zero attached hydrogens (tertiary/aromatic N) is 2. The van der Waals surface area contributed by atoms with Crippen LogP contribution in [-0.4, -0.2) is 60.3 Å². The Bertz CT molecular complexity index is 314. The van der Waals surface area contributed by atoms with Gasteiger partial charge in [0.1, 0.15) is 5.60 Å². The maximum atomic E-state index is 12.0. The average molecular weight is 255 g/mol. The number of nitrogens with two attached hydrogens (primary N) is 1. The van der Waals surface area contributed by atoms with E-state index in [4.69, 9.17) is 10.5 Å². The van der Waals surface area contributed by atoms with E-state index in [0.29, 0.717) is 12.0 Å². The van der Waals surface area contributed by atoms with Crippen molar-refractivity contribution in [3.05, 3.63) is 0 Å². The molecule has 0 bridgehead atoms. The Kier molecular flexibility index (Phi) is 3.82. The van der Waals surface area contributed by atoms with Gasteiger partial charge >= 0.3 is 6.09 Å². The van der Waals surface area contributed by atoms with Crippen LogP contribution in [0, 0.1) is 5.92 Å². The molecule has 2 fully saturated rings. The molecule has 2 rings (SSSR count). The average Bonchev–Trinajstić information content (AvgIpc) is 2.68. The highest BCUT2D eigenvalue weighted by Gasteiger charge is 2.37. The molecule has 2 aliphatic heterocycles. The molecule has 104 valence electrons. The molecule has 5 nitrogen and oxygen atoms in total. The van der Waals surface area contributed by atoms with E-state index in [0.717, 1.165) is 39.1 Å². The summed E-state index contributed by atoms with van der Waals surface area (Å²) in [4.78, 5) is 16.3. The van der Waals surface area contributed by atoms with E-state index >= 15 is 0 Å². The van der Waals surface area contributed by atoms with Gasteiger partial charge in [0.25, 0.3) is 0 Å². The Morgan fingerprint density at radius 2 is 2.06 bits per heavy atom. The summed E-state index contributed by atoms with van der Waals surface area (Å²) in [5.74, 6) is 0.591. The first-order valence-corrected chi connectivity index (χ1v) is 6.81. The highest BCUT2D eigenvalue weighted by molar-refractivity contribution is 5.68. The van der Waals surface area contributed by atoms with Gasteiger partial charge in [-0.15, -0.1) is 0 Å².